The van der Waals surface area contributed by atoms with Gasteiger partial charge in [-0.25, -0.2) is 0 Å². The van der Waals surface area contributed by atoms with Crippen LogP contribution in [0.1, 0.15) is 50.7 Å². The Kier molecular flexibility index (Phi) is 4.23. The number of nitrogens with zero attached hydrogens (tertiary/aromatic N) is 1. The van der Waals surface area contributed by atoms with Crippen molar-refractivity contribution in [3.63, 3.8) is 0 Å². The van der Waals surface area contributed by atoms with Crippen LogP contribution in [0.4, 0.5) is 5.69 Å². The third-order valence-corrected chi connectivity index (χ3v) is 5.03. The minimum atomic E-state index is -0.0886. The Morgan fingerprint density at radius 3 is 2.48 bits per heavy atom. The van der Waals surface area contributed by atoms with Crippen molar-refractivity contribution >= 4 is 5.69 Å². The van der Waals surface area contributed by atoms with Gasteiger partial charge in [0.05, 0.1) is 6.10 Å². The van der Waals surface area contributed by atoms with E-state index in [1.54, 1.807) is 0 Å². The van der Waals surface area contributed by atoms with Gasteiger partial charge >= 0.3 is 0 Å². The molecule has 3 nitrogen and oxygen atoms in total. The number of nitrogens with one attached hydrogen (secondary N) is 1. The summed E-state index contributed by atoms with van der Waals surface area (Å²) in [5, 5.41) is 13.4. The van der Waals surface area contributed by atoms with Crippen LogP contribution in [0.25, 0.3) is 0 Å². The maximum Gasteiger partial charge on any atom is 0.0579 e. The first-order chi connectivity index (χ1) is 10.0. The van der Waals surface area contributed by atoms with Gasteiger partial charge in [0.1, 0.15) is 0 Å². The lowest BCUT2D eigenvalue weighted by Crippen LogP contribution is -2.44. The molecule has 3 heteroatoms. The van der Waals surface area contributed by atoms with Crippen molar-refractivity contribution in [2.75, 3.05) is 4.90 Å². The maximum atomic E-state index is 9.94. The molecule has 2 heterocycles. The molecule has 1 aromatic rings. The molecule has 2 atom stereocenters. The van der Waals surface area contributed by atoms with Crippen LogP contribution in [-0.4, -0.2) is 29.3 Å². The van der Waals surface area contributed by atoms with E-state index < -0.39 is 0 Å². The first-order valence-electron chi connectivity index (χ1n) is 8.34. The molecule has 2 unspecified atom stereocenters. The van der Waals surface area contributed by atoms with E-state index in [0.717, 1.165) is 19.4 Å². The molecule has 21 heavy (non-hydrogen) atoms. The van der Waals surface area contributed by atoms with Crippen molar-refractivity contribution < 1.29 is 5.11 Å². The number of aliphatic hydroxyl groups is 1. The number of fused-ring (bicyclic) bond motifs is 2. The summed E-state index contributed by atoms with van der Waals surface area (Å²) in [6, 6.07) is 8.47. The Bertz CT molecular complexity index is 486. The molecule has 2 saturated heterocycles. The monoisotopic (exact) mass is 288 g/mol. The Labute approximate surface area is 128 Å². The van der Waals surface area contributed by atoms with Gasteiger partial charge in [0.15, 0.2) is 0 Å². The number of rotatable bonds is 4. The number of aryl methyl sites for hydroxylation is 1. The van der Waals surface area contributed by atoms with Gasteiger partial charge in [-0.3, -0.25) is 0 Å². The second-order valence-electron chi connectivity index (χ2n) is 7.06. The lowest BCUT2D eigenvalue weighted by Gasteiger charge is -2.39. The Morgan fingerprint density at radius 2 is 1.90 bits per heavy atom. The Hall–Kier alpha value is -1.06. The zero-order valence-electron chi connectivity index (χ0n) is 13.5. The quantitative estimate of drug-likeness (QED) is 0.894. The third-order valence-electron chi connectivity index (χ3n) is 5.03. The highest BCUT2D eigenvalue weighted by molar-refractivity contribution is 5.54. The molecule has 0 saturated carbocycles. The predicted octanol–water partition coefficient (Wildman–Crippen LogP) is 2.99. The largest absolute Gasteiger partial charge is 0.393 e. The van der Waals surface area contributed by atoms with Crippen molar-refractivity contribution in [2.24, 2.45) is 0 Å². The molecule has 0 aliphatic carbocycles. The second kappa shape index (κ2) is 5.98. The summed E-state index contributed by atoms with van der Waals surface area (Å²) in [6.45, 7) is 7.51. The maximum absolute atomic E-state index is 9.94. The normalized spacial score (nSPS) is 28.4. The summed E-state index contributed by atoms with van der Waals surface area (Å²) in [7, 11) is 0. The average Bonchev–Trinajstić information content (AvgIpc) is 2.69. The molecule has 0 aromatic heterocycles. The van der Waals surface area contributed by atoms with Crippen molar-refractivity contribution in [1.82, 2.24) is 5.32 Å². The number of benzene rings is 1. The van der Waals surface area contributed by atoms with Crippen LogP contribution in [0.2, 0.25) is 0 Å². The molecule has 0 radical (unpaired) electrons. The third kappa shape index (κ3) is 3.09. The second-order valence-corrected chi connectivity index (χ2v) is 7.06. The van der Waals surface area contributed by atoms with Gasteiger partial charge in [0.25, 0.3) is 0 Å². The van der Waals surface area contributed by atoms with Crippen LogP contribution >= 0.6 is 0 Å². The fourth-order valence-corrected chi connectivity index (χ4v) is 3.92. The van der Waals surface area contributed by atoms with E-state index in [-0.39, 0.29) is 6.10 Å². The van der Waals surface area contributed by atoms with Gasteiger partial charge < -0.3 is 15.3 Å². The fraction of sp³-hybridized carbons (Fsp3) is 0.667. The number of aliphatic hydroxyl groups excluding tert-OH is 1. The molecule has 0 amide bonds. The van der Waals surface area contributed by atoms with Crippen LogP contribution in [0.5, 0.6) is 0 Å². The van der Waals surface area contributed by atoms with Gasteiger partial charge in [-0.2, -0.15) is 0 Å². The zero-order valence-corrected chi connectivity index (χ0v) is 13.5. The summed E-state index contributed by atoms with van der Waals surface area (Å²) >= 11 is 0. The SMILES string of the molecule is Cc1cc(N2C3CCC2CC(O)C3)ccc1CNC(C)C. The summed E-state index contributed by atoms with van der Waals surface area (Å²) in [5.41, 5.74) is 4.10. The topological polar surface area (TPSA) is 35.5 Å². The van der Waals surface area contributed by atoms with Crippen molar-refractivity contribution in [3.8, 4) is 0 Å². The molecular formula is C18H28N2O. The highest BCUT2D eigenvalue weighted by Crippen LogP contribution is 2.39. The molecule has 0 spiro atoms. The van der Waals surface area contributed by atoms with Gasteiger partial charge in [0.2, 0.25) is 0 Å². The number of anilines is 1. The van der Waals surface area contributed by atoms with Crippen molar-refractivity contribution in [3.05, 3.63) is 29.3 Å². The van der Waals surface area contributed by atoms with E-state index in [4.69, 9.17) is 0 Å². The lowest BCUT2D eigenvalue weighted by atomic mass is 9.98. The van der Waals surface area contributed by atoms with Gasteiger partial charge in [-0.1, -0.05) is 19.9 Å². The summed E-state index contributed by atoms with van der Waals surface area (Å²) in [5.74, 6) is 0. The minimum Gasteiger partial charge on any atom is -0.393 e. The number of piperidine rings is 1. The van der Waals surface area contributed by atoms with E-state index in [1.807, 2.05) is 0 Å². The van der Waals surface area contributed by atoms with Crippen molar-refractivity contribution in [2.45, 2.75) is 77.2 Å². The number of hydrogen-bond acceptors (Lipinski definition) is 3. The zero-order chi connectivity index (χ0) is 15.0. The summed E-state index contributed by atoms with van der Waals surface area (Å²) in [6.07, 6.45) is 4.25. The molecule has 2 N–H and O–H groups in total. The molecule has 2 bridgehead atoms. The highest BCUT2D eigenvalue weighted by Gasteiger charge is 2.40. The van der Waals surface area contributed by atoms with Crippen LogP contribution in [-0.2, 0) is 6.54 Å². The van der Waals surface area contributed by atoms with Gasteiger partial charge in [-0.15, -0.1) is 0 Å². The highest BCUT2D eigenvalue weighted by atomic mass is 16.3. The van der Waals surface area contributed by atoms with E-state index in [0.29, 0.717) is 18.1 Å². The molecule has 116 valence electrons. The van der Waals surface area contributed by atoms with Crippen LogP contribution in [0.3, 0.4) is 0 Å². The summed E-state index contributed by atoms with van der Waals surface area (Å²) < 4.78 is 0. The van der Waals surface area contributed by atoms with Crippen LogP contribution < -0.4 is 10.2 Å². The van der Waals surface area contributed by atoms with E-state index >= 15 is 0 Å². The smallest absolute Gasteiger partial charge is 0.0579 e. The molecule has 2 aliphatic rings. The standard InChI is InChI=1S/C18H28N2O/c1-12(2)19-11-14-4-5-15(8-13(14)3)20-16-6-7-17(20)10-18(21)9-16/h4-5,8,12,16-19,21H,6-7,9-11H2,1-3H3. The molecular weight excluding hydrogens is 260 g/mol. The van der Waals surface area contributed by atoms with Gasteiger partial charge in [0, 0.05) is 30.4 Å². The number of hydrogen-bond donors (Lipinski definition) is 2. The Morgan fingerprint density at radius 1 is 1.24 bits per heavy atom. The molecule has 3 rings (SSSR count). The lowest BCUT2D eigenvalue weighted by molar-refractivity contribution is 0.126. The van der Waals surface area contributed by atoms with E-state index in [2.05, 4.69) is 49.2 Å². The Balaban J connectivity index is 1.76. The first-order valence-corrected chi connectivity index (χ1v) is 8.34. The average molecular weight is 288 g/mol. The minimum absolute atomic E-state index is 0.0886. The van der Waals surface area contributed by atoms with E-state index in [9.17, 15) is 5.11 Å². The molecule has 1 aromatic carbocycles. The molecule has 2 fully saturated rings. The van der Waals surface area contributed by atoms with Crippen LogP contribution in [0.15, 0.2) is 18.2 Å². The van der Waals surface area contributed by atoms with E-state index in [1.165, 1.54) is 29.7 Å². The predicted molar refractivity (Wildman–Crippen MR) is 87.7 cm³/mol. The van der Waals surface area contributed by atoms with Crippen LogP contribution in [0, 0.1) is 6.92 Å². The molecule has 2 aliphatic heterocycles. The summed E-state index contributed by atoms with van der Waals surface area (Å²) in [4.78, 5) is 2.57. The fourth-order valence-electron chi connectivity index (χ4n) is 3.92. The first kappa shape index (κ1) is 14.9. The van der Waals surface area contributed by atoms with Crippen molar-refractivity contribution in [1.29, 1.82) is 0 Å². The van der Waals surface area contributed by atoms with Gasteiger partial charge in [-0.05, 0) is 55.9 Å².